The fraction of sp³-hybridized carbons (Fsp3) is 0.214. The lowest BCUT2D eigenvalue weighted by Crippen LogP contribution is -2.13. The number of aromatic nitrogens is 2. The van der Waals surface area contributed by atoms with Crippen LogP contribution in [0.4, 0.5) is 0 Å². The molecular weight excluding hydrogens is 274 g/mol. The molecule has 2 aromatic heterocycles. The Bertz CT molecular complexity index is 857. The zero-order valence-corrected chi connectivity index (χ0v) is 12.2. The zero-order valence-electron chi connectivity index (χ0n) is 11.4. The van der Waals surface area contributed by atoms with Crippen LogP contribution in [0.15, 0.2) is 33.9 Å². The molecule has 2 heterocycles. The van der Waals surface area contributed by atoms with Crippen molar-refractivity contribution in [2.45, 2.75) is 13.8 Å². The lowest BCUT2D eigenvalue weighted by molar-refractivity contribution is 0.0962. The first kappa shape index (κ1) is 12.8. The van der Waals surface area contributed by atoms with Gasteiger partial charge in [-0.3, -0.25) is 4.79 Å². The monoisotopic (exact) mass is 287 g/mol. The molecule has 3 rings (SSSR count). The van der Waals surface area contributed by atoms with Crippen LogP contribution >= 0.6 is 11.3 Å². The summed E-state index contributed by atoms with van der Waals surface area (Å²) in [7, 11) is 1.91. The predicted octanol–water partition coefficient (Wildman–Crippen LogP) is 2.59. The standard InChI is InChI=1S/C14H13N3O2S/c1-8-6-9(2)12-10(7-8)17(3)14(20-12)16-13(18)11-4-5-15-19-11/h4-7H,1-3H3. The van der Waals surface area contributed by atoms with Crippen LogP contribution < -0.4 is 4.80 Å². The van der Waals surface area contributed by atoms with Crippen molar-refractivity contribution in [2.24, 2.45) is 12.0 Å². The SMILES string of the molecule is Cc1cc(C)c2sc(=NC(=O)c3ccno3)n(C)c2c1. The number of thiazole rings is 1. The molecule has 0 unspecified atom stereocenters. The predicted molar refractivity (Wildman–Crippen MR) is 76.7 cm³/mol. The van der Waals surface area contributed by atoms with Crippen LogP contribution in [0.3, 0.4) is 0 Å². The van der Waals surface area contributed by atoms with E-state index in [0.717, 1.165) is 10.2 Å². The van der Waals surface area contributed by atoms with Crippen molar-refractivity contribution in [1.82, 2.24) is 9.72 Å². The summed E-state index contributed by atoms with van der Waals surface area (Å²) in [6.07, 6.45) is 1.43. The van der Waals surface area contributed by atoms with Crippen LogP contribution in [0, 0.1) is 13.8 Å². The zero-order chi connectivity index (χ0) is 14.3. The Morgan fingerprint density at radius 1 is 1.40 bits per heavy atom. The highest BCUT2D eigenvalue weighted by atomic mass is 32.1. The molecule has 0 fully saturated rings. The third-order valence-corrected chi connectivity index (χ3v) is 4.37. The third-order valence-electron chi connectivity index (χ3n) is 3.09. The molecule has 20 heavy (non-hydrogen) atoms. The first-order valence-corrected chi connectivity index (χ1v) is 6.94. The van der Waals surface area contributed by atoms with Crippen molar-refractivity contribution >= 4 is 27.5 Å². The molecule has 3 aromatic rings. The van der Waals surface area contributed by atoms with Crippen LogP contribution in [0.25, 0.3) is 10.2 Å². The number of amides is 1. The van der Waals surface area contributed by atoms with Crippen molar-refractivity contribution in [3.8, 4) is 0 Å². The fourth-order valence-electron chi connectivity index (χ4n) is 2.14. The van der Waals surface area contributed by atoms with E-state index in [1.807, 2.05) is 11.6 Å². The van der Waals surface area contributed by atoms with E-state index >= 15 is 0 Å². The van der Waals surface area contributed by atoms with Gasteiger partial charge in [-0.25, -0.2) is 0 Å². The van der Waals surface area contributed by atoms with Crippen LogP contribution in [-0.2, 0) is 7.05 Å². The molecule has 0 saturated carbocycles. The Hall–Kier alpha value is -2.21. The van der Waals surface area contributed by atoms with Crippen molar-refractivity contribution in [1.29, 1.82) is 0 Å². The van der Waals surface area contributed by atoms with Gasteiger partial charge in [0.15, 0.2) is 4.80 Å². The summed E-state index contributed by atoms with van der Waals surface area (Å²) in [5.74, 6) is -0.269. The Kier molecular flexibility index (Phi) is 3.02. The van der Waals surface area contributed by atoms with Gasteiger partial charge < -0.3 is 9.09 Å². The van der Waals surface area contributed by atoms with Gasteiger partial charge in [0.05, 0.1) is 16.4 Å². The maximum Gasteiger partial charge on any atom is 0.318 e. The maximum atomic E-state index is 11.9. The molecule has 1 aromatic carbocycles. The molecule has 0 bridgehead atoms. The highest BCUT2D eigenvalue weighted by Crippen LogP contribution is 2.22. The van der Waals surface area contributed by atoms with Crippen LogP contribution in [-0.4, -0.2) is 15.6 Å². The minimum atomic E-state index is -0.418. The van der Waals surface area contributed by atoms with Gasteiger partial charge in [-0.05, 0) is 31.0 Å². The van der Waals surface area contributed by atoms with Gasteiger partial charge in [0, 0.05) is 13.1 Å². The molecule has 1 amide bonds. The largest absolute Gasteiger partial charge is 0.351 e. The van der Waals surface area contributed by atoms with Crippen LogP contribution in [0.2, 0.25) is 0 Å². The Labute approximate surface area is 119 Å². The van der Waals surface area contributed by atoms with E-state index in [1.165, 1.54) is 34.7 Å². The summed E-state index contributed by atoms with van der Waals surface area (Å²) in [4.78, 5) is 16.7. The lowest BCUT2D eigenvalue weighted by atomic mass is 10.1. The summed E-state index contributed by atoms with van der Waals surface area (Å²) < 4.78 is 7.89. The van der Waals surface area contributed by atoms with E-state index in [2.05, 4.69) is 36.1 Å². The fourth-order valence-corrected chi connectivity index (χ4v) is 3.21. The van der Waals surface area contributed by atoms with Crippen molar-refractivity contribution in [2.75, 3.05) is 0 Å². The van der Waals surface area contributed by atoms with Crippen molar-refractivity contribution in [3.05, 3.63) is 46.1 Å². The number of rotatable bonds is 1. The topological polar surface area (TPSA) is 60.4 Å². The summed E-state index contributed by atoms with van der Waals surface area (Å²) in [6, 6.07) is 5.73. The molecule has 0 aliphatic carbocycles. The number of carbonyl (C=O) groups excluding carboxylic acids is 1. The summed E-state index contributed by atoms with van der Waals surface area (Å²) in [5, 5.41) is 3.52. The van der Waals surface area contributed by atoms with Gasteiger partial charge in [-0.2, -0.15) is 4.99 Å². The lowest BCUT2D eigenvalue weighted by Gasteiger charge is -2.00. The molecule has 102 valence electrons. The minimum absolute atomic E-state index is 0.148. The number of fused-ring (bicyclic) bond motifs is 1. The molecule has 6 heteroatoms. The molecular formula is C14H13N3O2S. The second-order valence-corrected chi connectivity index (χ2v) is 5.64. The average Bonchev–Trinajstić information content (AvgIpc) is 3.01. The van der Waals surface area contributed by atoms with E-state index in [-0.39, 0.29) is 5.76 Å². The summed E-state index contributed by atoms with van der Waals surface area (Å²) >= 11 is 1.50. The first-order chi connectivity index (χ1) is 9.56. The van der Waals surface area contributed by atoms with Gasteiger partial charge in [-0.15, -0.1) is 0 Å². The number of benzene rings is 1. The Morgan fingerprint density at radius 3 is 2.90 bits per heavy atom. The number of nitrogens with zero attached hydrogens (tertiary/aromatic N) is 3. The second kappa shape index (κ2) is 4.72. The summed E-state index contributed by atoms with van der Waals surface area (Å²) in [5.41, 5.74) is 3.46. The normalized spacial score (nSPS) is 12.2. The van der Waals surface area contributed by atoms with E-state index in [9.17, 15) is 4.79 Å². The van der Waals surface area contributed by atoms with Gasteiger partial charge >= 0.3 is 5.91 Å². The third kappa shape index (κ3) is 2.08. The van der Waals surface area contributed by atoms with Gasteiger partial charge in [0.2, 0.25) is 5.76 Å². The van der Waals surface area contributed by atoms with Crippen LogP contribution in [0.1, 0.15) is 21.7 Å². The average molecular weight is 287 g/mol. The molecule has 0 aliphatic rings. The number of aryl methyl sites for hydroxylation is 3. The van der Waals surface area contributed by atoms with E-state index in [4.69, 9.17) is 4.52 Å². The van der Waals surface area contributed by atoms with Gasteiger partial charge in [-0.1, -0.05) is 22.6 Å². The molecule has 0 atom stereocenters. The highest BCUT2D eigenvalue weighted by Gasteiger charge is 2.11. The van der Waals surface area contributed by atoms with Crippen molar-refractivity contribution < 1.29 is 9.32 Å². The number of hydrogen-bond donors (Lipinski definition) is 0. The molecule has 0 saturated heterocycles. The molecule has 0 radical (unpaired) electrons. The molecule has 5 nitrogen and oxygen atoms in total. The Balaban J connectivity index is 2.20. The maximum absolute atomic E-state index is 11.9. The smallest absolute Gasteiger partial charge is 0.318 e. The van der Waals surface area contributed by atoms with Gasteiger partial charge in [0.25, 0.3) is 0 Å². The number of hydrogen-bond acceptors (Lipinski definition) is 4. The van der Waals surface area contributed by atoms with E-state index < -0.39 is 5.91 Å². The number of carbonyl (C=O) groups is 1. The van der Waals surface area contributed by atoms with E-state index in [1.54, 1.807) is 0 Å². The second-order valence-electron chi connectivity index (χ2n) is 4.67. The molecule has 0 N–H and O–H groups in total. The molecule has 0 spiro atoms. The van der Waals surface area contributed by atoms with Crippen molar-refractivity contribution in [3.63, 3.8) is 0 Å². The quantitative estimate of drug-likeness (QED) is 0.691. The van der Waals surface area contributed by atoms with Gasteiger partial charge in [0.1, 0.15) is 0 Å². The Morgan fingerprint density at radius 2 is 2.20 bits per heavy atom. The highest BCUT2D eigenvalue weighted by molar-refractivity contribution is 7.16. The molecule has 0 aliphatic heterocycles. The van der Waals surface area contributed by atoms with E-state index in [0.29, 0.717) is 4.80 Å². The van der Waals surface area contributed by atoms with Crippen LogP contribution in [0.5, 0.6) is 0 Å². The summed E-state index contributed by atoms with van der Waals surface area (Å²) in [6.45, 7) is 4.12. The first-order valence-electron chi connectivity index (χ1n) is 6.13. The minimum Gasteiger partial charge on any atom is -0.351 e.